The van der Waals surface area contributed by atoms with Crippen molar-refractivity contribution in [3.63, 3.8) is 0 Å². The molecule has 0 spiro atoms. The van der Waals surface area contributed by atoms with Gasteiger partial charge in [0, 0.05) is 0 Å². The summed E-state index contributed by atoms with van der Waals surface area (Å²) in [6.07, 6.45) is 0.502. The molecule has 1 atom stereocenters. The summed E-state index contributed by atoms with van der Waals surface area (Å²) in [4.78, 5) is 0. The second-order valence-electron chi connectivity index (χ2n) is 4.05. The summed E-state index contributed by atoms with van der Waals surface area (Å²) in [5, 5.41) is 13.2. The van der Waals surface area contributed by atoms with E-state index in [0.717, 1.165) is 30.8 Å². The summed E-state index contributed by atoms with van der Waals surface area (Å²) in [7, 11) is 1.64. The van der Waals surface area contributed by atoms with E-state index >= 15 is 0 Å². The molecule has 1 unspecified atom stereocenters. The van der Waals surface area contributed by atoms with Gasteiger partial charge >= 0.3 is 0 Å². The summed E-state index contributed by atoms with van der Waals surface area (Å²) in [6.45, 7) is 2.07. The van der Waals surface area contributed by atoms with Crippen LogP contribution < -0.4 is 10.1 Å². The fraction of sp³-hybridized carbons (Fsp3) is 0.500. The van der Waals surface area contributed by atoms with Crippen molar-refractivity contribution in [2.45, 2.75) is 12.5 Å². The van der Waals surface area contributed by atoms with E-state index in [1.54, 1.807) is 7.11 Å². The molecular formula is C12H17NO2. The van der Waals surface area contributed by atoms with Gasteiger partial charge in [-0.15, -0.1) is 0 Å². The Labute approximate surface area is 90.1 Å². The van der Waals surface area contributed by atoms with E-state index < -0.39 is 0 Å². The van der Waals surface area contributed by atoms with Crippen molar-refractivity contribution in [1.82, 2.24) is 5.32 Å². The van der Waals surface area contributed by atoms with Crippen LogP contribution in [0.2, 0.25) is 0 Å². The Hall–Kier alpha value is -1.06. The van der Waals surface area contributed by atoms with Crippen LogP contribution >= 0.6 is 0 Å². The van der Waals surface area contributed by atoms with Gasteiger partial charge in [0.2, 0.25) is 0 Å². The molecular weight excluding hydrogens is 190 g/mol. The van der Waals surface area contributed by atoms with Crippen molar-refractivity contribution in [3.05, 3.63) is 29.8 Å². The molecule has 1 saturated heterocycles. The Balaban J connectivity index is 1.94. The number of aliphatic hydroxyl groups is 1. The summed E-state index contributed by atoms with van der Waals surface area (Å²) >= 11 is 0. The van der Waals surface area contributed by atoms with E-state index in [4.69, 9.17) is 4.74 Å². The highest BCUT2D eigenvalue weighted by atomic mass is 16.5. The molecule has 2 N–H and O–H groups in total. The molecule has 0 radical (unpaired) electrons. The summed E-state index contributed by atoms with van der Waals surface area (Å²) in [5.74, 6) is 1.46. The van der Waals surface area contributed by atoms with Gasteiger partial charge in [-0.25, -0.2) is 0 Å². The lowest BCUT2D eigenvalue weighted by Crippen LogP contribution is -2.42. The Kier molecular flexibility index (Phi) is 3.23. The molecule has 82 valence electrons. The molecule has 0 bridgehead atoms. The fourth-order valence-electron chi connectivity index (χ4n) is 1.79. The average molecular weight is 207 g/mol. The molecule has 2 rings (SSSR count). The Morgan fingerprint density at radius 2 is 2.07 bits per heavy atom. The zero-order valence-electron chi connectivity index (χ0n) is 8.94. The molecule has 0 amide bonds. The number of nitrogens with one attached hydrogen (secondary N) is 1. The Bertz CT molecular complexity index is 306. The van der Waals surface area contributed by atoms with Crippen LogP contribution in [0.5, 0.6) is 5.75 Å². The predicted molar refractivity (Wildman–Crippen MR) is 58.9 cm³/mol. The third kappa shape index (κ3) is 2.49. The Morgan fingerprint density at radius 1 is 1.40 bits per heavy atom. The first-order chi connectivity index (χ1) is 7.29. The van der Waals surface area contributed by atoms with Crippen LogP contribution in [0.3, 0.4) is 0 Å². The largest absolute Gasteiger partial charge is 0.497 e. The van der Waals surface area contributed by atoms with Gasteiger partial charge in [-0.2, -0.15) is 0 Å². The van der Waals surface area contributed by atoms with Crippen molar-refractivity contribution in [2.24, 2.45) is 5.92 Å². The van der Waals surface area contributed by atoms with Gasteiger partial charge < -0.3 is 15.2 Å². The van der Waals surface area contributed by atoms with Crippen LogP contribution in [-0.4, -0.2) is 25.3 Å². The maximum absolute atomic E-state index is 9.95. The van der Waals surface area contributed by atoms with Crippen molar-refractivity contribution < 1.29 is 9.84 Å². The van der Waals surface area contributed by atoms with Crippen molar-refractivity contribution >= 4 is 0 Å². The minimum Gasteiger partial charge on any atom is -0.497 e. The fourth-order valence-corrected chi connectivity index (χ4v) is 1.79. The van der Waals surface area contributed by atoms with Crippen LogP contribution in [0.4, 0.5) is 0 Å². The number of hydrogen-bond acceptors (Lipinski definition) is 3. The highest BCUT2D eigenvalue weighted by Gasteiger charge is 2.21. The molecule has 0 aliphatic carbocycles. The maximum atomic E-state index is 9.95. The first-order valence-corrected chi connectivity index (χ1v) is 5.32. The van der Waals surface area contributed by atoms with E-state index in [9.17, 15) is 5.11 Å². The number of methoxy groups -OCH3 is 1. The van der Waals surface area contributed by atoms with Gasteiger partial charge in [0.15, 0.2) is 0 Å². The summed E-state index contributed by atoms with van der Waals surface area (Å²) in [6, 6.07) is 7.63. The number of ether oxygens (including phenoxy) is 1. The number of hydrogen-bond donors (Lipinski definition) is 2. The molecule has 1 aliphatic heterocycles. The number of benzene rings is 1. The monoisotopic (exact) mass is 207 g/mol. The minimum atomic E-state index is -0.344. The lowest BCUT2D eigenvalue weighted by Gasteiger charge is -2.29. The zero-order valence-corrected chi connectivity index (χ0v) is 8.94. The van der Waals surface area contributed by atoms with Crippen LogP contribution in [0.15, 0.2) is 24.3 Å². The molecule has 1 heterocycles. The van der Waals surface area contributed by atoms with Crippen LogP contribution in [0.1, 0.15) is 18.1 Å². The smallest absolute Gasteiger partial charge is 0.118 e. The van der Waals surface area contributed by atoms with Gasteiger partial charge in [-0.05, 0) is 43.1 Å². The van der Waals surface area contributed by atoms with Crippen LogP contribution in [-0.2, 0) is 0 Å². The quantitative estimate of drug-likeness (QED) is 0.782. The van der Waals surface area contributed by atoms with Gasteiger partial charge in [0.05, 0.1) is 13.2 Å². The SMILES string of the molecule is COc1ccc(C(O)CC2CNC2)cc1. The van der Waals surface area contributed by atoms with Crippen LogP contribution in [0.25, 0.3) is 0 Å². The number of rotatable bonds is 4. The van der Waals surface area contributed by atoms with Gasteiger partial charge in [-0.1, -0.05) is 12.1 Å². The van der Waals surface area contributed by atoms with E-state index in [-0.39, 0.29) is 6.10 Å². The molecule has 1 aromatic rings. The lowest BCUT2D eigenvalue weighted by atomic mass is 9.93. The minimum absolute atomic E-state index is 0.344. The average Bonchev–Trinajstić information content (AvgIpc) is 2.23. The lowest BCUT2D eigenvalue weighted by molar-refractivity contribution is 0.127. The highest BCUT2D eigenvalue weighted by Crippen LogP contribution is 2.24. The maximum Gasteiger partial charge on any atom is 0.118 e. The molecule has 3 heteroatoms. The molecule has 1 aliphatic rings. The zero-order chi connectivity index (χ0) is 10.7. The van der Waals surface area contributed by atoms with Gasteiger partial charge in [0.1, 0.15) is 5.75 Å². The van der Waals surface area contributed by atoms with Crippen LogP contribution in [0, 0.1) is 5.92 Å². The standard InChI is InChI=1S/C12H17NO2/c1-15-11-4-2-10(3-5-11)12(14)6-9-7-13-8-9/h2-5,9,12-14H,6-8H2,1H3. The molecule has 15 heavy (non-hydrogen) atoms. The van der Waals surface area contributed by atoms with Crippen molar-refractivity contribution in [2.75, 3.05) is 20.2 Å². The highest BCUT2D eigenvalue weighted by molar-refractivity contribution is 5.28. The first-order valence-electron chi connectivity index (χ1n) is 5.32. The summed E-state index contributed by atoms with van der Waals surface area (Å²) in [5.41, 5.74) is 0.975. The predicted octanol–water partition coefficient (Wildman–Crippen LogP) is 1.34. The second-order valence-corrected chi connectivity index (χ2v) is 4.05. The second kappa shape index (κ2) is 4.64. The molecule has 1 aromatic carbocycles. The van der Waals surface area contributed by atoms with Gasteiger partial charge in [-0.3, -0.25) is 0 Å². The molecule has 3 nitrogen and oxygen atoms in total. The Morgan fingerprint density at radius 3 is 2.53 bits per heavy atom. The van der Waals surface area contributed by atoms with Gasteiger partial charge in [0.25, 0.3) is 0 Å². The first kappa shape index (κ1) is 10.5. The van der Waals surface area contributed by atoms with E-state index in [0.29, 0.717) is 5.92 Å². The number of aliphatic hydroxyl groups excluding tert-OH is 1. The van der Waals surface area contributed by atoms with E-state index in [1.165, 1.54) is 0 Å². The van der Waals surface area contributed by atoms with Crippen molar-refractivity contribution in [1.29, 1.82) is 0 Å². The molecule has 0 saturated carbocycles. The normalized spacial score (nSPS) is 18.3. The van der Waals surface area contributed by atoms with E-state index in [2.05, 4.69) is 5.32 Å². The third-order valence-corrected chi connectivity index (χ3v) is 2.92. The third-order valence-electron chi connectivity index (χ3n) is 2.92. The van der Waals surface area contributed by atoms with E-state index in [1.807, 2.05) is 24.3 Å². The topological polar surface area (TPSA) is 41.5 Å². The summed E-state index contributed by atoms with van der Waals surface area (Å²) < 4.78 is 5.07. The molecule has 0 aromatic heterocycles. The molecule has 1 fully saturated rings. The van der Waals surface area contributed by atoms with Crippen molar-refractivity contribution in [3.8, 4) is 5.75 Å².